The first-order valence-corrected chi connectivity index (χ1v) is 9.27. The van der Waals surface area contributed by atoms with Gasteiger partial charge in [0.15, 0.2) is 0 Å². The lowest BCUT2D eigenvalue weighted by Gasteiger charge is -2.40. The maximum Gasteiger partial charge on any atom is 0.251 e. The summed E-state index contributed by atoms with van der Waals surface area (Å²) in [5.41, 5.74) is 1.42. The van der Waals surface area contributed by atoms with Gasteiger partial charge in [-0.3, -0.25) is 14.7 Å². The highest BCUT2D eigenvalue weighted by atomic mass is 16.5. The van der Waals surface area contributed by atoms with E-state index in [-0.39, 0.29) is 17.4 Å². The zero-order chi connectivity index (χ0) is 16.4. The monoisotopic (exact) mass is 329 g/mol. The molecule has 0 aliphatic carbocycles. The van der Waals surface area contributed by atoms with Crippen LogP contribution < -0.4 is 0 Å². The molecule has 3 aliphatic heterocycles. The van der Waals surface area contributed by atoms with Crippen molar-refractivity contribution in [1.29, 1.82) is 0 Å². The smallest absolute Gasteiger partial charge is 0.251 e. The molecule has 130 valence electrons. The van der Waals surface area contributed by atoms with Gasteiger partial charge in [0.05, 0.1) is 5.69 Å². The third-order valence-electron chi connectivity index (χ3n) is 5.81. The molecule has 24 heavy (non-hydrogen) atoms. The van der Waals surface area contributed by atoms with Gasteiger partial charge in [-0.2, -0.15) is 0 Å². The second kappa shape index (κ2) is 6.81. The minimum atomic E-state index is -0.173. The maximum atomic E-state index is 12.6. The lowest BCUT2D eigenvalue weighted by Crippen LogP contribution is -2.46. The van der Waals surface area contributed by atoms with E-state index in [1.54, 1.807) is 0 Å². The van der Waals surface area contributed by atoms with Crippen LogP contribution in [0.1, 0.15) is 37.8 Å². The molecule has 0 aromatic carbocycles. The largest absolute Gasteiger partial charge is 0.368 e. The molecule has 4 rings (SSSR count). The molecule has 1 unspecified atom stereocenters. The highest BCUT2D eigenvalue weighted by Crippen LogP contribution is 2.39. The van der Waals surface area contributed by atoms with Crippen LogP contribution in [0.5, 0.6) is 0 Å². The van der Waals surface area contributed by atoms with Gasteiger partial charge in [0.1, 0.15) is 6.10 Å². The third kappa shape index (κ3) is 3.33. The van der Waals surface area contributed by atoms with Gasteiger partial charge in [-0.25, -0.2) is 0 Å². The number of hydrogen-bond donors (Lipinski definition) is 0. The first-order valence-electron chi connectivity index (χ1n) is 9.27. The lowest BCUT2D eigenvalue weighted by atomic mass is 9.79. The van der Waals surface area contributed by atoms with Gasteiger partial charge in [-0.15, -0.1) is 0 Å². The number of amides is 1. The molecule has 3 fully saturated rings. The standard InChI is InChI=1S/C19H27N3O2/c23-18(17-6-3-12-24-17)22-11-8-19(15-22)7-4-10-21(14-19)13-16-5-1-2-9-20-16/h1-2,5,9,17H,3-4,6-8,10-15H2/t17-,19?/m0/s1. The summed E-state index contributed by atoms with van der Waals surface area (Å²) in [5.74, 6) is 0.228. The van der Waals surface area contributed by atoms with Crippen LogP contribution in [-0.4, -0.2) is 59.6 Å². The van der Waals surface area contributed by atoms with Crippen molar-refractivity contribution in [2.75, 3.05) is 32.8 Å². The normalized spacial score (nSPS) is 31.0. The number of ether oxygens (including phenoxy) is 1. The van der Waals surface area contributed by atoms with E-state index in [0.717, 1.165) is 64.3 Å². The summed E-state index contributed by atoms with van der Waals surface area (Å²) in [6.45, 7) is 5.69. The summed E-state index contributed by atoms with van der Waals surface area (Å²) in [6.07, 6.45) is 7.20. The summed E-state index contributed by atoms with van der Waals surface area (Å²) < 4.78 is 5.59. The van der Waals surface area contributed by atoms with E-state index in [2.05, 4.69) is 26.9 Å². The van der Waals surface area contributed by atoms with E-state index in [4.69, 9.17) is 4.74 Å². The fourth-order valence-electron chi connectivity index (χ4n) is 4.60. The molecule has 5 heteroatoms. The van der Waals surface area contributed by atoms with Crippen molar-refractivity contribution in [2.45, 2.75) is 44.8 Å². The highest BCUT2D eigenvalue weighted by Gasteiger charge is 2.44. The van der Waals surface area contributed by atoms with E-state index < -0.39 is 0 Å². The molecule has 1 aromatic heterocycles. The van der Waals surface area contributed by atoms with Crippen molar-refractivity contribution >= 4 is 5.91 Å². The first kappa shape index (κ1) is 16.0. The van der Waals surface area contributed by atoms with Crippen LogP contribution in [0.25, 0.3) is 0 Å². The number of rotatable bonds is 3. The van der Waals surface area contributed by atoms with Crippen molar-refractivity contribution in [2.24, 2.45) is 5.41 Å². The summed E-state index contributed by atoms with van der Waals surface area (Å²) >= 11 is 0. The fourth-order valence-corrected chi connectivity index (χ4v) is 4.60. The molecule has 0 bridgehead atoms. The number of carbonyl (C=O) groups excluding carboxylic acids is 1. The molecule has 0 radical (unpaired) electrons. The molecule has 1 aromatic rings. The van der Waals surface area contributed by atoms with Gasteiger partial charge in [0, 0.05) is 44.4 Å². The fraction of sp³-hybridized carbons (Fsp3) is 0.684. The predicted molar refractivity (Wildman–Crippen MR) is 91.4 cm³/mol. The van der Waals surface area contributed by atoms with Gasteiger partial charge >= 0.3 is 0 Å². The van der Waals surface area contributed by atoms with E-state index >= 15 is 0 Å². The van der Waals surface area contributed by atoms with Crippen LogP contribution >= 0.6 is 0 Å². The molecule has 3 saturated heterocycles. The Morgan fingerprint density at radius 2 is 2.21 bits per heavy atom. The first-order chi connectivity index (χ1) is 11.7. The maximum absolute atomic E-state index is 12.6. The van der Waals surface area contributed by atoms with Gasteiger partial charge in [-0.1, -0.05) is 6.07 Å². The molecule has 1 amide bonds. The van der Waals surface area contributed by atoms with Crippen LogP contribution in [0.4, 0.5) is 0 Å². The number of likely N-dealkylation sites (tertiary alicyclic amines) is 2. The Kier molecular flexibility index (Phi) is 4.55. The quantitative estimate of drug-likeness (QED) is 0.852. The van der Waals surface area contributed by atoms with Crippen molar-refractivity contribution < 1.29 is 9.53 Å². The van der Waals surface area contributed by atoms with Crippen LogP contribution in [0.2, 0.25) is 0 Å². The zero-order valence-corrected chi connectivity index (χ0v) is 14.3. The van der Waals surface area contributed by atoms with Crippen LogP contribution in [0, 0.1) is 5.41 Å². The Hall–Kier alpha value is -1.46. The molecule has 4 heterocycles. The summed E-state index contributed by atoms with van der Waals surface area (Å²) in [5, 5.41) is 0. The molecule has 2 atom stereocenters. The summed E-state index contributed by atoms with van der Waals surface area (Å²) in [7, 11) is 0. The van der Waals surface area contributed by atoms with Crippen molar-refractivity contribution in [3.8, 4) is 0 Å². The van der Waals surface area contributed by atoms with Crippen LogP contribution in [0.3, 0.4) is 0 Å². The summed E-state index contributed by atoms with van der Waals surface area (Å²) in [4.78, 5) is 21.7. The molecule has 0 N–H and O–H groups in total. The van der Waals surface area contributed by atoms with E-state index in [1.165, 1.54) is 12.8 Å². The Morgan fingerprint density at radius 1 is 1.25 bits per heavy atom. The zero-order valence-electron chi connectivity index (χ0n) is 14.3. The molecule has 3 aliphatic rings. The number of nitrogens with zero attached hydrogens (tertiary/aromatic N) is 3. The molecular formula is C19H27N3O2. The lowest BCUT2D eigenvalue weighted by molar-refractivity contribution is -0.140. The molecule has 5 nitrogen and oxygen atoms in total. The van der Waals surface area contributed by atoms with Crippen molar-refractivity contribution in [3.63, 3.8) is 0 Å². The van der Waals surface area contributed by atoms with Crippen LogP contribution in [0.15, 0.2) is 24.4 Å². The number of pyridine rings is 1. The third-order valence-corrected chi connectivity index (χ3v) is 5.81. The average molecular weight is 329 g/mol. The molecule has 0 saturated carbocycles. The van der Waals surface area contributed by atoms with Crippen molar-refractivity contribution in [1.82, 2.24) is 14.8 Å². The van der Waals surface area contributed by atoms with Crippen LogP contribution in [-0.2, 0) is 16.1 Å². The van der Waals surface area contributed by atoms with E-state index in [0.29, 0.717) is 0 Å². The SMILES string of the molecule is O=C([C@@H]1CCCO1)N1CCC2(CCCN(Cc3ccccn3)C2)C1. The number of aromatic nitrogens is 1. The number of piperidine rings is 1. The Morgan fingerprint density at radius 3 is 3.00 bits per heavy atom. The minimum Gasteiger partial charge on any atom is -0.368 e. The van der Waals surface area contributed by atoms with Gasteiger partial charge in [0.2, 0.25) is 0 Å². The molecule has 1 spiro atoms. The topological polar surface area (TPSA) is 45.7 Å². The highest BCUT2D eigenvalue weighted by molar-refractivity contribution is 5.81. The van der Waals surface area contributed by atoms with E-state index in [9.17, 15) is 4.79 Å². The Bertz CT molecular complexity index is 573. The average Bonchev–Trinajstić information content (AvgIpc) is 3.26. The van der Waals surface area contributed by atoms with Gasteiger partial charge < -0.3 is 9.64 Å². The Labute approximate surface area is 144 Å². The second-order valence-electron chi connectivity index (χ2n) is 7.65. The second-order valence-corrected chi connectivity index (χ2v) is 7.65. The van der Waals surface area contributed by atoms with Gasteiger partial charge in [0.25, 0.3) is 5.91 Å². The number of carbonyl (C=O) groups is 1. The van der Waals surface area contributed by atoms with Crippen molar-refractivity contribution in [3.05, 3.63) is 30.1 Å². The predicted octanol–water partition coefficient (Wildman–Crippen LogP) is 2.08. The van der Waals surface area contributed by atoms with E-state index in [1.807, 2.05) is 12.3 Å². The molecular weight excluding hydrogens is 302 g/mol. The summed E-state index contributed by atoms with van der Waals surface area (Å²) in [6, 6.07) is 6.12. The minimum absolute atomic E-state index is 0.173. The number of hydrogen-bond acceptors (Lipinski definition) is 4. The Balaban J connectivity index is 1.37. The van der Waals surface area contributed by atoms with Gasteiger partial charge in [-0.05, 0) is 50.8 Å².